The summed E-state index contributed by atoms with van der Waals surface area (Å²) in [6.45, 7) is 4.34. The van der Waals surface area contributed by atoms with Gasteiger partial charge in [-0.2, -0.15) is 5.10 Å². The van der Waals surface area contributed by atoms with Gasteiger partial charge in [0.15, 0.2) is 6.10 Å². The smallest absolute Gasteiger partial charge is 0.254 e. The molecule has 1 aromatic heterocycles. The molecular formula is C20H25FN4O3. The van der Waals surface area contributed by atoms with Crippen molar-refractivity contribution in [3.05, 3.63) is 53.1 Å². The Morgan fingerprint density at radius 3 is 2.79 bits per heavy atom. The summed E-state index contributed by atoms with van der Waals surface area (Å²) in [6, 6.07) is 3.97. The van der Waals surface area contributed by atoms with E-state index in [0.29, 0.717) is 13.1 Å². The lowest BCUT2D eigenvalue weighted by Gasteiger charge is -2.40. The maximum absolute atomic E-state index is 13.3. The lowest BCUT2D eigenvalue weighted by molar-refractivity contribution is -0.168. The van der Waals surface area contributed by atoms with Crippen molar-refractivity contribution in [2.75, 3.05) is 20.2 Å². The highest BCUT2D eigenvalue weighted by Gasteiger charge is 2.42. The molecule has 2 amide bonds. The second-order valence-electron chi connectivity index (χ2n) is 7.07. The number of likely N-dealkylation sites (N-methyl/N-ethyl adjacent to an activating group) is 2. The number of halogens is 1. The topological polar surface area (TPSA) is 67.7 Å². The van der Waals surface area contributed by atoms with Gasteiger partial charge in [-0.3, -0.25) is 14.3 Å². The SMILES string of the molecule is CCN1C(=O)CO[C@H](C(=O)N(C)Cc2ccc(F)cc2C)[C@H]1c1cnn(C)c1. The zero-order valence-electron chi connectivity index (χ0n) is 16.6. The van der Waals surface area contributed by atoms with Crippen molar-refractivity contribution in [2.45, 2.75) is 32.5 Å². The van der Waals surface area contributed by atoms with Gasteiger partial charge in [0, 0.05) is 38.9 Å². The molecule has 2 atom stereocenters. The standard InChI is InChI=1S/C20H25FN4O3/c1-5-25-17(26)12-28-19(18(25)15-9-22-24(4)11-15)20(27)23(3)10-14-6-7-16(21)8-13(14)2/h6-9,11,18-19H,5,10,12H2,1-4H3/t18-,19+/m1/s1. The highest BCUT2D eigenvalue weighted by Crippen LogP contribution is 2.31. The second kappa shape index (κ2) is 8.10. The van der Waals surface area contributed by atoms with Crippen LogP contribution < -0.4 is 0 Å². The fourth-order valence-electron chi connectivity index (χ4n) is 3.57. The average Bonchev–Trinajstić information content (AvgIpc) is 3.09. The number of carbonyl (C=O) groups excluding carboxylic acids is 2. The molecule has 1 aliphatic rings. The number of nitrogens with zero attached hydrogens (tertiary/aromatic N) is 4. The quantitative estimate of drug-likeness (QED) is 0.784. The van der Waals surface area contributed by atoms with E-state index in [9.17, 15) is 14.0 Å². The molecule has 0 radical (unpaired) electrons. The maximum atomic E-state index is 13.3. The van der Waals surface area contributed by atoms with E-state index in [1.807, 2.05) is 13.8 Å². The number of aryl methyl sites for hydroxylation is 2. The first kappa shape index (κ1) is 20.0. The summed E-state index contributed by atoms with van der Waals surface area (Å²) in [7, 11) is 3.47. The Morgan fingerprint density at radius 1 is 1.43 bits per heavy atom. The minimum Gasteiger partial charge on any atom is -0.356 e. The van der Waals surface area contributed by atoms with Gasteiger partial charge in [0.25, 0.3) is 5.91 Å². The summed E-state index contributed by atoms with van der Waals surface area (Å²) in [4.78, 5) is 28.7. The number of ether oxygens (including phenoxy) is 1. The molecule has 2 heterocycles. The molecule has 8 heteroatoms. The van der Waals surface area contributed by atoms with Gasteiger partial charge < -0.3 is 14.5 Å². The zero-order chi connectivity index (χ0) is 20.4. The van der Waals surface area contributed by atoms with Crippen molar-refractivity contribution in [3.63, 3.8) is 0 Å². The summed E-state index contributed by atoms with van der Waals surface area (Å²) >= 11 is 0. The van der Waals surface area contributed by atoms with E-state index in [1.54, 1.807) is 47.0 Å². The predicted octanol–water partition coefficient (Wildman–Crippen LogP) is 1.81. The van der Waals surface area contributed by atoms with Gasteiger partial charge in [0.1, 0.15) is 12.4 Å². The van der Waals surface area contributed by atoms with Crippen molar-refractivity contribution in [2.24, 2.45) is 7.05 Å². The summed E-state index contributed by atoms with van der Waals surface area (Å²) in [5.74, 6) is -0.694. The Hall–Kier alpha value is -2.74. The molecule has 2 aromatic rings. The summed E-state index contributed by atoms with van der Waals surface area (Å²) in [6.07, 6.45) is 2.62. The third-order valence-electron chi connectivity index (χ3n) is 5.07. The Labute approximate surface area is 163 Å². The highest BCUT2D eigenvalue weighted by atomic mass is 19.1. The van der Waals surface area contributed by atoms with Crippen molar-refractivity contribution in [3.8, 4) is 0 Å². The van der Waals surface area contributed by atoms with Crippen LogP contribution in [0.3, 0.4) is 0 Å². The van der Waals surface area contributed by atoms with E-state index < -0.39 is 12.1 Å². The van der Waals surface area contributed by atoms with E-state index in [2.05, 4.69) is 5.10 Å². The molecule has 0 bridgehead atoms. The highest BCUT2D eigenvalue weighted by molar-refractivity contribution is 5.86. The van der Waals surface area contributed by atoms with Crippen LogP contribution in [0.4, 0.5) is 4.39 Å². The molecule has 0 aliphatic carbocycles. The van der Waals surface area contributed by atoms with E-state index in [0.717, 1.165) is 16.7 Å². The second-order valence-corrected chi connectivity index (χ2v) is 7.07. The first-order chi connectivity index (χ1) is 13.3. The lowest BCUT2D eigenvalue weighted by Crippen LogP contribution is -2.54. The summed E-state index contributed by atoms with van der Waals surface area (Å²) < 4.78 is 20.7. The molecule has 0 N–H and O–H groups in total. The number of amides is 2. The normalized spacial score (nSPS) is 19.8. The first-order valence-electron chi connectivity index (χ1n) is 9.21. The number of morpholine rings is 1. The van der Waals surface area contributed by atoms with Crippen molar-refractivity contribution in [1.29, 1.82) is 0 Å². The van der Waals surface area contributed by atoms with Gasteiger partial charge in [0.05, 0.1) is 12.2 Å². The van der Waals surface area contributed by atoms with Crippen molar-refractivity contribution < 1.29 is 18.7 Å². The number of rotatable bonds is 5. The molecule has 1 saturated heterocycles. The van der Waals surface area contributed by atoms with E-state index in [4.69, 9.17) is 4.74 Å². The fourth-order valence-corrected chi connectivity index (χ4v) is 3.57. The van der Waals surface area contributed by atoms with Gasteiger partial charge in [-0.15, -0.1) is 0 Å². The van der Waals surface area contributed by atoms with Crippen LogP contribution >= 0.6 is 0 Å². The Balaban J connectivity index is 1.85. The van der Waals surface area contributed by atoms with Crippen LogP contribution in [-0.2, 0) is 27.9 Å². The number of hydrogen-bond acceptors (Lipinski definition) is 4. The van der Waals surface area contributed by atoms with Crippen LogP contribution in [0.5, 0.6) is 0 Å². The summed E-state index contributed by atoms with van der Waals surface area (Å²) in [5, 5.41) is 4.17. The monoisotopic (exact) mass is 388 g/mol. The van der Waals surface area contributed by atoms with E-state index in [-0.39, 0.29) is 24.2 Å². The fraction of sp³-hybridized carbons (Fsp3) is 0.450. The number of carbonyl (C=O) groups is 2. The van der Waals surface area contributed by atoms with E-state index in [1.165, 1.54) is 12.1 Å². The third-order valence-corrected chi connectivity index (χ3v) is 5.07. The molecule has 1 aromatic carbocycles. The molecule has 1 fully saturated rings. The first-order valence-corrected chi connectivity index (χ1v) is 9.21. The van der Waals surface area contributed by atoms with Crippen LogP contribution in [0.15, 0.2) is 30.6 Å². The Kier molecular flexibility index (Phi) is 5.79. The van der Waals surface area contributed by atoms with Gasteiger partial charge in [-0.05, 0) is 37.1 Å². The van der Waals surface area contributed by atoms with Gasteiger partial charge in [-0.25, -0.2) is 4.39 Å². The minimum atomic E-state index is -0.826. The molecule has 7 nitrogen and oxygen atoms in total. The van der Waals surface area contributed by atoms with Crippen LogP contribution in [0.25, 0.3) is 0 Å². The predicted molar refractivity (Wildman–Crippen MR) is 101 cm³/mol. The van der Waals surface area contributed by atoms with Crippen molar-refractivity contribution >= 4 is 11.8 Å². The van der Waals surface area contributed by atoms with Crippen LogP contribution in [-0.4, -0.2) is 57.7 Å². The largest absolute Gasteiger partial charge is 0.356 e. The van der Waals surface area contributed by atoms with Gasteiger partial charge in [-0.1, -0.05) is 6.07 Å². The number of benzene rings is 1. The molecular weight excluding hydrogens is 363 g/mol. The molecule has 0 spiro atoms. The van der Waals surface area contributed by atoms with Gasteiger partial charge >= 0.3 is 0 Å². The number of aromatic nitrogens is 2. The average molecular weight is 388 g/mol. The zero-order valence-corrected chi connectivity index (χ0v) is 16.6. The molecule has 3 rings (SSSR count). The Bertz CT molecular complexity index is 882. The van der Waals surface area contributed by atoms with Crippen molar-refractivity contribution in [1.82, 2.24) is 19.6 Å². The Morgan fingerprint density at radius 2 is 2.18 bits per heavy atom. The molecule has 28 heavy (non-hydrogen) atoms. The van der Waals surface area contributed by atoms with Crippen LogP contribution in [0, 0.1) is 12.7 Å². The summed E-state index contributed by atoms with van der Waals surface area (Å²) in [5.41, 5.74) is 2.38. The molecule has 0 saturated carbocycles. The minimum absolute atomic E-state index is 0.134. The van der Waals surface area contributed by atoms with E-state index >= 15 is 0 Å². The maximum Gasteiger partial charge on any atom is 0.254 e. The van der Waals surface area contributed by atoms with Crippen LogP contribution in [0.1, 0.15) is 29.7 Å². The third kappa shape index (κ3) is 3.91. The molecule has 150 valence electrons. The molecule has 0 unspecified atom stereocenters. The lowest BCUT2D eigenvalue weighted by atomic mass is 9.99. The van der Waals surface area contributed by atoms with Crippen LogP contribution in [0.2, 0.25) is 0 Å². The van der Waals surface area contributed by atoms with Gasteiger partial charge in [0.2, 0.25) is 5.91 Å². The number of hydrogen-bond donors (Lipinski definition) is 0. The molecule has 1 aliphatic heterocycles.